The molecule has 3 fully saturated rings. The third-order valence-corrected chi connectivity index (χ3v) is 9.63. The van der Waals surface area contributed by atoms with Gasteiger partial charge in [-0.2, -0.15) is 0 Å². The van der Waals surface area contributed by atoms with Gasteiger partial charge in [0.15, 0.2) is 5.17 Å². The zero-order chi connectivity index (χ0) is 29.9. The van der Waals surface area contributed by atoms with Gasteiger partial charge in [-0.3, -0.25) is 19.8 Å². The first-order chi connectivity index (χ1) is 20.9. The van der Waals surface area contributed by atoms with Crippen molar-refractivity contribution in [2.45, 2.75) is 39.5 Å². The number of aliphatic imine (C=N–C) groups is 1. The van der Waals surface area contributed by atoms with Crippen molar-refractivity contribution in [3.63, 3.8) is 0 Å². The van der Waals surface area contributed by atoms with E-state index in [0.717, 1.165) is 68.9 Å². The van der Waals surface area contributed by atoms with Gasteiger partial charge in [0.25, 0.3) is 11.6 Å². The quantitative estimate of drug-likeness (QED) is 0.164. The molecule has 0 N–H and O–H groups in total. The van der Waals surface area contributed by atoms with E-state index in [4.69, 9.17) is 4.99 Å². The lowest BCUT2D eigenvalue weighted by Gasteiger charge is -2.35. The second kappa shape index (κ2) is 12.6. The predicted molar refractivity (Wildman–Crippen MR) is 177 cm³/mol. The summed E-state index contributed by atoms with van der Waals surface area (Å²) in [4.78, 5) is 37.6. The number of amides is 1. The first kappa shape index (κ1) is 29.0. The van der Waals surface area contributed by atoms with E-state index in [1.807, 2.05) is 72.8 Å². The molecule has 0 aliphatic carbocycles. The summed E-state index contributed by atoms with van der Waals surface area (Å²) in [6, 6.07) is 22.8. The van der Waals surface area contributed by atoms with E-state index in [1.54, 1.807) is 11.0 Å². The van der Waals surface area contributed by atoms with Crippen LogP contribution in [-0.2, 0) is 4.79 Å². The van der Waals surface area contributed by atoms with Gasteiger partial charge in [0, 0.05) is 43.5 Å². The minimum absolute atomic E-state index is 0.0871. The zero-order valence-corrected chi connectivity index (χ0v) is 25.5. The number of rotatable bonds is 6. The van der Waals surface area contributed by atoms with Gasteiger partial charge in [0.1, 0.15) is 5.69 Å². The SMILES string of the molecule is CC1CCN(c2cc(N3CCC(C)CC3)c([N+](=O)[O-])cc2/C=C2\SC(=Nc3ccccc3)N(c3ccccc3)C2=O)CC1. The van der Waals surface area contributed by atoms with Crippen molar-refractivity contribution in [1.82, 2.24) is 0 Å². The first-order valence-corrected chi connectivity index (χ1v) is 15.9. The average Bonchev–Trinajstić information content (AvgIpc) is 3.32. The van der Waals surface area contributed by atoms with E-state index in [2.05, 4.69) is 23.6 Å². The first-order valence-electron chi connectivity index (χ1n) is 15.1. The molecule has 3 aromatic rings. The van der Waals surface area contributed by atoms with Gasteiger partial charge in [-0.25, -0.2) is 4.99 Å². The molecule has 3 aliphatic heterocycles. The molecule has 3 aromatic carbocycles. The number of hydrogen-bond acceptors (Lipinski definition) is 7. The van der Waals surface area contributed by atoms with E-state index in [0.29, 0.717) is 33.2 Å². The summed E-state index contributed by atoms with van der Waals surface area (Å²) in [5.41, 5.74) is 3.88. The summed E-state index contributed by atoms with van der Waals surface area (Å²) < 4.78 is 0. The highest BCUT2D eigenvalue weighted by Crippen LogP contribution is 2.42. The average molecular weight is 596 g/mol. The topological polar surface area (TPSA) is 82.3 Å². The third kappa shape index (κ3) is 6.32. The Hall–Kier alpha value is -4.11. The Kier molecular flexibility index (Phi) is 8.51. The molecule has 3 aliphatic rings. The van der Waals surface area contributed by atoms with Gasteiger partial charge in [0.05, 0.1) is 21.2 Å². The molecule has 0 radical (unpaired) electrons. The Morgan fingerprint density at radius 3 is 1.98 bits per heavy atom. The molecule has 0 aromatic heterocycles. The van der Waals surface area contributed by atoms with E-state index in [-0.39, 0.29) is 16.5 Å². The fourth-order valence-electron chi connectivity index (χ4n) is 5.98. The van der Waals surface area contributed by atoms with Crippen LogP contribution in [0.4, 0.5) is 28.4 Å². The summed E-state index contributed by atoms with van der Waals surface area (Å²) in [5.74, 6) is 1.07. The Morgan fingerprint density at radius 1 is 0.837 bits per heavy atom. The van der Waals surface area contributed by atoms with Crippen molar-refractivity contribution >= 4 is 57.3 Å². The molecule has 0 atom stereocenters. The molecule has 0 spiro atoms. The van der Waals surface area contributed by atoms with Crippen LogP contribution in [0.1, 0.15) is 45.1 Å². The minimum atomic E-state index is -0.278. The van der Waals surface area contributed by atoms with Crippen LogP contribution >= 0.6 is 11.8 Å². The number of anilines is 3. The van der Waals surface area contributed by atoms with Crippen LogP contribution in [0, 0.1) is 22.0 Å². The smallest absolute Gasteiger partial charge is 0.293 e. The van der Waals surface area contributed by atoms with Gasteiger partial charge in [-0.1, -0.05) is 50.2 Å². The summed E-state index contributed by atoms with van der Waals surface area (Å²) in [7, 11) is 0. The van der Waals surface area contributed by atoms with Crippen molar-refractivity contribution in [2.75, 3.05) is 40.9 Å². The van der Waals surface area contributed by atoms with Crippen LogP contribution in [0.5, 0.6) is 0 Å². The van der Waals surface area contributed by atoms with E-state index in [1.165, 1.54) is 11.8 Å². The molecule has 9 heteroatoms. The molecular formula is C34H37N5O3S. The van der Waals surface area contributed by atoms with Gasteiger partial charge in [0.2, 0.25) is 0 Å². The number of amidine groups is 1. The Labute approximate surface area is 257 Å². The largest absolute Gasteiger partial charge is 0.371 e. The molecular weight excluding hydrogens is 558 g/mol. The van der Waals surface area contributed by atoms with Crippen molar-refractivity contribution < 1.29 is 9.72 Å². The number of carbonyl (C=O) groups excluding carboxylic acids is 1. The van der Waals surface area contributed by atoms with Crippen LogP contribution < -0.4 is 14.7 Å². The van der Waals surface area contributed by atoms with Gasteiger partial charge in [-0.05, 0) is 85.7 Å². The maximum Gasteiger partial charge on any atom is 0.293 e. The molecule has 3 saturated heterocycles. The number of nitro groups is 1. The lowest BCUT2D eigenvalue weighted by Crippen LogP contribution is -2.35. The summed E-state index contributed by atoms with van der Waals surface area (Å²) in [6.45, 7) is 7.88. The van der Waals surface area contributed by atoms with Crippen molar-refractivity contribution in [2.24, 2.45) is 16.8 Å². The number of benzene rings is 3. The van der Waals surface area contributed by atoms with Crippen LogP contribution in [0.15, 0.2) is 82.7 Å². The van der Waals surface area contributed by atoms with Gasteiger partial charge < -0.3 is 9.80 Å². The molecule has 0 unspecified atom stereocenters. The number of nitrogens with zero attached hydrogens (tertiary/aromatic N) is 5. The Morgan fingerprint density at radius 2 is 1.40 bits per heavy atom. The molecule has 8 nitrogen and oxygen atoms in total. The van der Waals surface area contributed by atoms with E-state index >= 15 is 0 Å². The molecule has 43 heavy (non-hydrogen) atoms. The summed E-state index contributed by atoms with van der Waals surface area (Å²) >= 11 is 1.30. The number of nitro benzene ring substituents is 1. The lowest BCUT2D eigenvalue weighted by atomic mass is 9.96. The standard InChI is InChI=1S/C34H37N5O3S/c1-24-13-17-36(18-14-24)29-23-30(37-19-15-25(2)16-20-37)31(39(41)42)21-26(29)22-32-33(40)38(28-11-7-4-8-12-28)34(43-32)35-27-9-5-3-6-10-27/h3-12,21-25H,13-20H2,1-2H3/b32-22-,35-34?. The molecule has 6 rings (SSSR count). The Balaban J connectivity index is 1.45. The highest BCUT2D eigenvalue weighted by Gasteiger charge is 2.36. The van der Waals surface area contributed by atoms with Crippen LogP contribution in [-0.4, -0.2) is 42.2 Å². The number of thioether (sulfide) groups is 1. The molecule has 0 saturated carbocycles. The summed E-state index contributed by atoms with van der Waals surface area (Å²) in [6.07, 6.45) is 5.99. The van der Waals surface area contributed by atoms with E-state index in [9.17, 15) is 14.9 Å². The lowest BCUT2D eigenvalue weighted by molar-refractivity contribution is -0.384. The van der Waals surface area contributed by atoms with Crippen molar-refractivity contribution in [3.8, 4) is 0 Å². The molecule has 1 amide bonds. The molecule has 3 heterocycles. The number of piperidine rings is 2. The third-order valence-electron chi connectivity index (χ3n) is 8.66. The van der Waals surface area contributed by atoms with Crippen LogP contribution in [0.2, 0.25) is 0 Å². The molecule has 222 valence electrons. The number of para-hydroxylation sites is 2. The minimum Gasteiger partial charge on any atom is -0.371 e. The van der Waals surface area contributed by atoms with Crippen molar-refractivity contribution in [1.29, 1.82) is 0 Å². The fraction of sp³-hybridized carbons (Fsp3) is 0.353. The van der Waals surface area contributed by atoms with Gasteiger partial charge >= 0.3 is 0 Å². The van der Waals surface area contributed by atoms with Crippen LogP contribution in [0.25, 0.3) is 6.08 Å². The Bertz CT molecular complexity index is 1540. The number of carbonyl (C=O) groups is 1. The second-order valence-corrected chi connectivity index (χ2v) is 12.8. The molecule has 0 bridgehead atoms. The van der Waals surface area contributed by atoms with Gasteiger partial charge in [-0.15, -0.1) is 0 Å². The predicted octanol–water partition coefficient (Wildman–Crippen LogP) is 7.88. The maximum absolute atomic E-state index is 14.0. The monoisotopic (exact) mass is 595 g/mol. The second-order valence-electron chi connectivity index (χ2n) is 11.8. The normalized spacial score (nSPS) is 20.4. The maximum atomic E-state index is 14.0. The highest BCUT2D eigenvalue weighted by molar-refractivity contribution is 8.19. The van der Waals surface area contributed by atoms with E-state index < -0.39 is 0 Å². The van der Waals surface area contributed by atoms with Crippen molar-refractivity contribution in [3.05, 3.63) is 93.4 Å². The summed E-state index contributed by atoms with van der Waals surface area (Å²) in [5, 5.41) is 13.0. The highest BCUT2D eigenvalue weighted by atomic mass is 32.2. The zero-order valence-electron chi connectivity index (χ0n) is 24.7. The fourth-order valence-corrected chi connectivity index (χ4v) is 6.97. The van der Waals surface area contributed by atoms with Crippen LogP contribution in [0.3, 0.4) is 0 Å². The number of hydrogen-bond donors (Lipinski definition) is 0.